The highest BCUT2D eigenvalue weighted by atomic mass is 35.5. The van der Waals surface area contributed by atoms with Crippen molar-refractivity contribution in [2.24, 2.45) is 5.92 Å². The van der Waals surface area contributed by atoms with E-state index >= 15 is 0 Å². The molecule has 0 spiro atoms. The second-order valence-electron chi connectivity index (χ2n) is 6.08. The summed E-state index contributed by atoms with van der Waals surface area (Å²) >= 11 is 5.83. The van der Waals surface area contributed by atoms with Gasteiger partial charge in [-0.1, -0.05) is 24.6 Å². The molecule has 2 nitrogen and oxygen atoms in total. The van der Waals surface area contributed by atoms with Crippen LogP contribution in [0, 0.1) is 11.7 Å². The van der Waals surface area contributed by atoms with E-state index < -0.39 is 0 Å². The van der Waals surface area contributed by atoms with Crippen molar-refractivity contribution in [3.63, 3.8) is 0 Å². The fourth-order valence-corrected chi connectivity index (χ4v) is 3.33. The van der Waals surface area contributed by atoms with Crippen LogP contribution in [0.2, 0.25) is 5.02 Å². The van der Waals surface area contributed by atoms with Gasteiger partial charge in [0.25, 0.3) is 0 Å². The normalized spacial score (nSPS) is 27.8. The van der Waals surface area contributed by atoms with E-state index in [1.807, 2.05) is 6.07 Å². The van der Waals surface area contributed by atoms with Gasteiger partial charge in [-0.3, -0.25) is 4.90 Å². The summed E-state index contributed by atoms with van der Waals surface area (Å²) in [6, 6.07) is 6.12. The molecule has 0 bridgehead atoms. The van der Waals surface area contributed by atoms with Crippen LogP contribution in [0.3, 0.4) is 0 Å². The largest absolute Gasteiger partial charge is 0.311 e. The summed E-state index contributed by atoms with van der Waals surface area (Å²) in [7, 11) is 0. The highest BCUT2D eigenvalue weighted by Crippen LogP contribution is 2.37. The van der Waals surface area contributed by atoms with E-state index in [1.54, 1.807) is 6.07 Å². The van der Waals surface area contributed by atoms with Crippen molar-refractivity contribution in [2.75, 3.05) is 13.1 Å². The molecule has 2 fully saturated rings. The monoisotopic (exact) mass is 296 g/mol. The smallest absolute Gasteiger partial charge is 0.129 e. The van der Waals surface area contributed by atoms with Crippen LogP contribution in [-0.4, -0.2) is 30.1 Å². The maximum Gasteiger partial charge on any atom is 0.129 e. The fourth-order valence-electron chi connectivity index (χ4n) is 3.17. The Labute approximate surface area is 125 Å². The van der Waals surface area contributed by atoms with Gasteiger partial charge in [0.05, 0.1) is 0 Å². The van der Waals surface area contributed by atoms with E-state index in [0.29, 0.717) is 23.7 Å². The molecular formula is C16H22ClFN2. The number of benzene rings is 1. The Balaban J connectivity index is 1.74. The van der Waals surface area contributed by atoms with Gasteiger partial charge < -0.3 is 5.32 Å². The summed E-state index contributed by atoms with van der Waals surface area (Å²) in [5, 5.41) is 4.09. The SMILES string of the molecule is CCC1CN(Cc2ccc(Cl)cc2F)C(C2CC2)CN1. The van der Waals surface area contributed by atoms with Crippen LogP contribution in [0.5, 0.6) is 0 Å². The van der Waals surface area contributed by atoms with E-state index in [-0.39, 0.29) is 5.82 Å². The lowest BCUT2D eigenvalue weighted by molar-refractivity contribution is 0.104. The third-order valence-corrected chi connectivity index (χ3v) is 4.82. The minimum absolute atomic E-state index is 0.182. The highest BCUT2D eigenvalue weighted by molar-refractivity contribution is 6.30. The first-order valence-corrected chi connectivity index (χ1v) is 7.96. The van der Waals surface area contributed by atoms with Crippen LogP contribution >= 0.6 is 11.6 Å². The molecule has 1 N–H and O–H groups in total. The van der Waals surface area contributed by atoms with E-state index in [0.717, 1.165) is 31.0 Å². The predicted molar refractivity (Wildman–Crippen MR) is 80.4 cm³/mol. The Morgan fingerprint density at radius 1 is 1.40 bits per heavy atom. The molecule has 1 aliphatic carbocycles. The first kappa shape index (κ1) is 14.3. The molecule has 0 radical (unpaired) electrons. The van der Waals surface area contributed by atoms with E-state index in [4.69, 9.17) is 11.6 Å². The van der Waals surface area contributed by atoms with Crippen molar-refractivity contribution in [1.82, 2.24) is 10.2 Å². The van der Waals surface area contributed by atoms with Crippen LogP contribution in [0.4, 0.5) is 4.39 Å². The lowest BCUT2D eigenvalue weighted by Crippen LogP contribution is -2.56. The average Bonchev–Trinajstić information content (AvgIpc) is 3.26. The molecule has 110 valence electrons. The topological polar surface area (TPSA) is 15.3 Å². The molecule has 3 rings (SSSR count). The maximum atomic E-state index is 14.0. The Kier molecular flexibility index (Phi) is 4.29. The zero-order valence-electron chi connectivity index (χ0n) is 11.9. The van der Waals surface area contributed by atoms with Crippen molar-refractivity contribution in [3.05, 3.63) is 34.6 Å². The summed E-state index contributed by atoms with van der Waals surface area (Å²) in [6.45, 7) is 4.95. The zero-order valence-corrected chi connectivity index (χ0v) is 12.7. The minimum Gasteiger partial charge on any atom is -0.311 e. The molecule has 1 aliphatic heterocycles. The fraction of sp³-hybridized carbons (Fsp3) is 0.625. The third kappa shape index (κ3) is 3.16. The second-order valence-corrected chi connectivity index (χ2v) is 6.52. The molecule has 2 unspecified atom stereocenters. The molecule has 1 aromatic rings. The highest BCUT2D eigenvalue weighted by Gasteiger charge is 2.38. The van der Waals surface area contributed by atoms with Gasteiger partial charge in [-0.2, -0.15) is 0 Å². The molecule has 0 aromatic heterocycles. The molecular weight excluding hydrogens is 275 g/mol. The molecule has 1 saturated carbocycles. The minimum atomic E-state index is -0.182. The van der Waals surface area contributed by atoms with Gasteiger partial charge in [-0.25, -0.2) is 4.39 Å². The molecule has 20 heavy (non-hydrogen) atoms. The number of hydrogen-bond donors (Lipinski definition) is 1. The van der Waals surface area contributed by atoms with Gasteiger partial charge in [0.2, 0.25) is 0 Å². The van der Waals surface area contributed by atoms with Crippen molar-refractivity contribution in [1.29, 1.82) is 0 Å². The summed E-state index contributed by atoms with van der Waals surface area (Å²) in [5.41, 5.74) is 0.761. The Bertz CT molecular complexity index is 476. The Hall–Kier alpha value is -0.640. The lowest BCUT2D eigenvalue weighted by atomic mass is 10.0. The first-order chi connectivity index (χ1) is 9.67. The summed E-state index contributed by atoms with van der Waals surface area (Å²) in [4.78, 5) is 2.47. The second kappa shape index (κ2) is 6.00. The Morgan fingerprint density at radius 2 is 2.20 bits per heavy atom. The molecule has 1 saturated heterocycles. The van der Waals surface area contributed by atoms with E-state index in [9.17, 15) is 4.39 Å². The molecule has 0 amide bonds. The summed E-state index contributed by atoms with van der Waals surface area (Å²) in [6.07, 6.45) is 3.77. The quantitative estimate of drug-likeness (QED) is 0.915. The molecule has 1 aromatic carbocycles. The molecule has 2 atom stereocenters. The number of piperazine rings is 1. The average molecular weight is 297 g/mol. The first-order valence-electron chi connectivity index (χ1n) is 7.58. The van der Waals surface area contributed by atoms with Gasteiger partial charge >= 0.3 is 0 Å². The standard InChI is InChI=1S/C16H22ClFN2/c1-2-14-10-20(16(8-19-14)11-3-4-11)9-12-5-6-13(17)7-15(12)18/h5-7,11,14,16,19H,2-4,8-10H2,1H3. The van der Waals surface area contributed by atoms with Gasteiger partial charge in [0.1, 0.15) is 5.82 Å². The number of hydrogen-bond acceptors (Lipinski definition) is 2. The predicted octanol–water partition coefficient (Wildman–Crippen LogP) is 3.44. The van der Waals surface area contributed by atoms with Crippen LogP contribution in [0.1, 0.15) is 31.7 Å². The van der Waals surface area contributed by atoms with Gasteiger partial charge in [0.15, 0.2) is 0 Å². The van der Waals surface area contributed by atoms with Crippen molar-refractivity contribution >= 4 is 11.6 Å². The van der Waals surface area contributed by atoms with Crippen molar-refractivity contribution in [3.8, 4) is 0 Å². The molecule has 2 aliphatic rings. The van der Waals surface area contributed by atoms with Crippen molar-refractivity contribution < 1.29 is 4.39 Å². The lowest BCUT2D eigenvalue weighted by Gasteiger charge is -2.40. The number of nitrogens with zero attached hydrogens (tertiary/aromatic N) is 1. The number of nitrogens with one attached hydrogen (secondary N) is 1. The third-order valence-electron chi connectivity index (χ3n) is 4.59. The van der Waals surface area contributed by atoms with E-state index in [2.05, 4.69) is 17.1 Å². The van der Waals surface area contributed by atoms with E-state index in [1.165, 1.54) is 18.9 Å². The number of halogens is 2. The zero-order chi connectivity index (χ0) is 14.1. The molecule has 4 heteroatoms. The summed E-state index contributed by atoms with van der Waals surface area (Å²) in [5.74, 6) is 0.620. The van der Waals surface area contributed by atoms with Gasteiger partial charge in [-0.05, 0) is 37.3 Å². The summed E-state index contributed by atoms with van der Waals surface area (Å²) < 4.78 is 14.0. The van der Waals surface area contributed by atoms with Gasteiger partial charge in [0, 0.05) is 42.3 Å². The van der Waals surface area contributed by atoms with Crippen LogP contribution in [-0.2, 0) is 6.54 Å². The van der Waals surface area contributed by atoms with Crippen LogP contribution in [0.25, 0.3) is 0 Å². The molecule has 1 heterocycles. The van der Waals surface area contributed by atoms with Gasteiger partial charge in [-0.15, -0.1) is 0 Å². The van der Waals surface area contributed by atoms with Crippen LogP contribution < -0.4 is 5.32 Å². The Morgan fingerprint density at radius 3 is 2.85 bits per heavy atom. The maximum absolute atomic E-state index is 14.0. The van der Waals surface area contributed by atoms with Crippen LogP contribution in [0.15, 0.2) is 18.2 Å². The number of rotatable bonds is 4. The van der Waals surface area contributed by atoms with Crippen molar-refractivity contribution in [2.45, 2.75) is 44.8 Å².